The lowest BCUT2D eigenvalue weighted by Crippen LogP contribution is -2.46. The zero-order valence-corrected chi connectivity index (χ0v) is 20.4. The van der Waals surface area contributed by atoms with Crippen LogP contribution in [0.4, 0.5) is 0 Å². The van der Waals surface area contributed by atoms with Crippen molar-refractivity contribution >= 4 is 0 Å². The minimum absolute atomic E-state index is 0.129. The molecular weight excluding hydrogens is 368 g/mol. The number of rotatable bonds is 5. The van der Waals surface area contributed by atoms with Crippen molar-refractivity contribution in [1.82, 2.24) is 0 Å². The number of fused-ring (bicyclic) bond motifs is 5. The molecular formula is C28H46O2. The fourth-order valence-corrected chi connectivity index (χ4v) is 8.03. The molecule has 0 radical (unpaired) electrons. The van der Waals surface area contributed by atoms with E-state index in [-0.39, 0.29) is 11.5 Å². The van der Waals surface area contributed by atoms with Gasteiger partial charge in [-0.1, -0.05) is 57.4 Å². The van der Waals surface area contributed by atoms with Gasteiger partial charge in [-0.2, -0.15) is 0 Å². The SMILES string of the molecule is CC(CCC(C)C(C)(C)O)C1CCC2C3=CC=C4C[C@@H](O)CCC4(C)C3CCC21C. The van der Waals surface area contributed by atoms with E-state index < -0.39 is 5.60 Å². The monoisotopic (exact) mass is 414 g/mol. The lowest BCUT2D eigenvalue weighted by molar-refractivity contribution is 0.0110. The number of hydrogen-bond donors (Lipinski definition) is 2. The summed E-state index contributed by atoms with van der Waals surface area (Å²) in [5, 5.41) is 20.5. The van der Waals surface area contributed by atoms with E-state index in [0.29, 0.717) is 17.3 Å². The normalized spacial score (nSPS) is 43.1. The first-order valence-electron chi connectivity index (χ1n) is 12.8. The fourth-order valence-electron chi connectivity index (χ4n) is 8.03. The van der Waals surface area contributed by atoms with Crippen molar-refractivity contribution in [3.8, 4) is 0 Å². The van der Waals surface area contributed by atoms with Crippen LogP contribution in [-0.4, -0.2) is 21.9 Å². The Morgan fingerprint density at radius 2 is 1.73 bits per heavy atom. The first-order chi connectivity index (χ1) is 14.0. The minimum Gasteiger partial charge on any atom is -0.393 e. The van der Waals surface area contributed by atoms with Gasteiger partial charge in [-0.15, -0.1) is 0 Å². The van der Waals surface area contributed by atoms with Crippen molar-refractivity contribution < 1.29 is 10.2 Å². The van der Waals surface area contributed by atoms with E-state index in [0.717, 1.165) is 43.4 Å². The third-order valence-corrected chi connectivity index (χ3v) is 10.6. The Morgan fingerprint density at radius 3 is 2.43 bits per heavy atom. The summed E-state index contributed by atoms with van der Waals surface area (Å²) >= 11 is 0. The molecule has 3 fully saturated rings. The van der Waals surface area contributed by atoms with Crippen LogP contribution in [0.2, 0.25) is 0 Å². The van der Waals surface area contributed by atoms with Crippen LogP contribution in [0.1, 0.15) is 99.3 Å². The van der Waals surface area contributed by atoms with Gasteiger partial charge in [0, 0.05) is 0 Å². The van der Waals surface area contributed by atoms with E-state index in [9.17, 15) is 10.2 Å². The molecule has 2 nitrogen and oxygen atoms in total. The Balaban J connectivity index is 1.51. The average molecular weight is 415 g/mol. The number of allylic oxidation sites excluding steroid dienone is 3. The zero-order chi connectivity index (χ0) is 21.9. The summed E-state index contributed by atoms with van der Waals surface area (Å²) in [7, 11) is 0. The second kappa shape index (κ2) is 7.77. The quantitative estimate of drug-likeness (QED) is 0.527. The molecule has 170 valence electrons. The van der Waals surface area contributed by atoms with Crippen molar-refractivity contribution in [3.63, 3.8) is 0 Å². The molecule has 0 heterocycles. The highest BCUT2D eigenvalue weighted by Gasteiger charge is 2.56. The third kappa shape index (κ3) is 3.64. The van der Waals surface area contributed by atoms with Crippen molar-refractivity contribution in [3.05, 3.63) is 23.3 Å². The largest absolute Gasteiger partial charge is 0.393 e. The van der Waals surface area contributed by atoms with Crippen LogP contribution in [0.5, 0.6) is 0 Å². The van der Waals surface area contributed by atoms with Crippen LogP contribution in [-0.2, 0) is 0 Å². The van der Waals surface area contributed by atoms with Crippen molar-refractivity contribution in [2.24, 2.45) is 40.4 Å². The molecule has 0 bridgehead atoms. The maximum Gasteiger partial charge on any atom is 0.0617 e. The third-order valence-electron chi connectivity index (χ3n) is 10.6. The molecule has 30 heavy (non-hydrogen) atoms. The highest BCUT2D eigenvalue weighted by Crippen LogP contribution is 2.66. The van der Waals surface area contributed by atoms with E-state index in [4.69, 9.17) is 0 Å². The van der Waals surface area contributed by atoms with Gasteiger partial charge in [0.25, 0.3) is 0 Å². The summed E-state index contributed by atoms with van der Waals surface area (Å²) in [5.74, 6) is 3.35. The van der Waals surface area contributed by atoms with E-state index >= 15 is 0 Å². The molecule has 8 atom stereocenters. The molecule has 4 rings (SSSR count). The Hall–Kier alpha value is -0.600. The van der Waals surface area contributed by atoms with Gasteiger partial charge < -0.3 is 10.2 Å². The molecule has 3 saturated carbocycles. The van der Waals surface area contributed by atoms with Gasteiger partial charge in [0.1, 0.15) is 0 Å². The van der Waals surface area contributed by atoms with Crippen LogP contribution in [0.15, 0.2) is 23.3 Å². The van der Waals surface area contributed by atoms with E-state index in [2.05, 4.69) is 39.8 Å². The summed E-state index contributed by atoms with van der Waals surface area (Å²) in [6.07, 6.45) is 15.6. The first kappa shape index (κ1) is 22.6. The minimum atomic E-state index is -0.570. The molecule has 4 aliphatic rings. The maximum absolute atomic E-state index is 10.3. The fraction of sp³-hybridized carbons (Fsp3) is 0.857. The number of aliphatic hydroxyl groups excluding tert-OH is 1. The molecule has 0 aliphatic heterocycles. The lowest BCUT2D eigenvalue weighted by Gasteiger charge is -2.55. The van der Waals surface area contributed by atoms with Crippen molar-refractivity contribution in [1.29, 1.82) is 0 Å². The predicted molar refractivity (Wildman–Crippen MR) is 125 cm³/mol. The smallest absolute Gasteiger partial charge is 0.0617 e. The molecule has 0 spiro atoms. The molecule has 0 aromatic heterocycles. The van der Waals surface area contributed by atoms with Gasteiger partial charge in [0.15, 0.2) is 0 Å². The molecule has 7 unspecified atom stereocenters. The highest BCUT2D eigenvalue weighted by molar-refractivity contribution is 5.38. The maximum atomic E-state index is 10.3. The van der Waals surface area contributed by atoms with Crippen LogP contribution in [0.3, 0.4) is 0 Å². The van der Waals surface area contributed by atoms with Gasteiger partial charge in [-0.25, -0.2) is 0 Å². The summed E-state index contributed by atoms with van der Waals surface area (Å²) in [5.41, 5.74) is 3.43. The van der Waals surface area contributed by atoms with Gasteiger partial charge in [-0.05, 0) is 106 Å². The Morgan fingerprint density at radius 1 is 1.00 bits per heavy atom. The molecule has 0 saturated heterocycles. The Bertz CT molecular complexity index is 713. The lowest BCUT2D eigenvalue weighted by atomic mass is 9.50. The average Bonchev–Trinajstić information content (AvgIpc) is 3.03. The van der Waals surface area contributed by atoms with E-state index in [1.807, 2.05) is 13.8 Å². The van der Waals surface area contributed by atoms with E-state index in [1.54, 1.807) is 5.57 Å². The summed E-state index contributed by atoms with van der Waals surface area (Å²) < 4.78 is 0. The van der Waals surface area contributed by atoms with Crippen molar-refractivity contribution in [2.75, 3.05) is 0 Å². The molecule has 0 aromatic rings. The van der Waals surface area contributed by atoms with Gasteiger partial charge in [0.05, 0.1) is 11.7 Å². The zero-order valence-electron chi connectivity index (χ0n) is 20.4. The second-order valence-electron chi connectivity index (χ2n) is 12.6. The van der Waals surface area contributed by atoms with Crippen LogP contribution >= 0.6 is 0 Å². The van der Waals surface area contributed by atoms with Gasteiger partial charge in [-0.3, -0.25) is 0 Å². The second-order valence-corrected chi connectivity index (χ2v) is 12.6. The molecule has 2 heteroatoms. The van der Waals surface area contributed by atoms with Gasteiger partial charge in [0.2, 0.25) is 0 Å². The standard InChI is InChI=1S/C28H46O2/c1-18(7-8-19(2)26(3,4)30)23-11-12-24-22-10-9-20-17-21(29)13-15-27(20,5)25(22)14-16-28(23,24)6/h9-10,18-19,21,23-25,29-30H,7-8,11-17H2,1-6H3/t18?,19?,21-,23?,24?,25?,27?,28?/m0/s1. The van der Waals surface area contributed by atoms with Crippen LogP contribution < -0.4 is 0 Å². The number of hydrogen-bond acceptors (Lipinski definition) is 2. The molecule has 0 amide bonds. The highest BCUT2D eigenvalue weighted by atomic mass is 16.3. The molecule has 4 aliphatic carbocycles. The predicted octanol–water partition coefficient (Wildman–Crippen LogP) is 6.67. The number of aliphatic hydroxyl groups is 2. The van der Waals surface area contributed by atoms with Crippen LogP contribution in [0, 0.1) is 40.4 Å². The topological polar surface area (TPSA) is 40.5 Å². The Labute approximate surface area is 185 Å². The molecule has 0 aromatic carbocycles. The Kier molecular flexibility index (Phi) is 5.85. The van der Waals surface area contributed by atoms with Crippen molar-refractivity contribution in [2.45, 2.75) is 111 Å². The first-order valence-corrected chi connectivity index (χ1v) is 12.8. The van der Waals surface area contributed by atoms with Gasteiger partial charge >= 0.3 is 0 Å². The summed E-state index contributed by atoms with van der Waals surface area (Å²) in [4.78, 5) is 0. The van der Waals surface area contributed by atoms with Crippen LogP contribution in [0.25, 0.3) is 0 Å². The van der Waals surface area contributed by atoms with E-state index in [1.165, 1.54) is 37.7 Å². The summed E-state index contributed by atoms with van der Waals surface area (Å²) in [6, 6.07) is 0. The molecule has 2 N–H and O–H groups in total. The summed E-state index contributed by atoms with van der Waals surface area (Å²) in [6.45, 7) is 13.7.